The Labute approximate surface area is 199 Å². The highest BCUT2D eigenvalue weighted by Gasteiger charge is 2.35. The summed E-state index contributed by atoms with van der Waals surface area (Å²) in [6, 6.07) is 20.8. The minimum Gasteiger partial charge on any atom is -0.490 e. The van der Waals surface area contributed by atoms with Crippen molar-refractivity contribution in [1.29, 1.82) is 0 Å². The second-order valence-corrected chi connectivity index (χ2v) is 8.45. The molecular formula is C25H19ClFNO4S. The standard InChI is InChI=1S/C25H19ClFNO4S/c26-21-7-4-8-22(27)20(21)16-28-24(29)23(33-25(28)30)15-17-9-11-19(12-10-17)32-14-13-31-18-5-2-1-3-6-18/h1-12,15H,13-14,16H2/b23-15+. The number of para-hydroxylation sites is 1. The number of carbonyl (C=O) groups excluding carboxylic acids is 2. The highest BCUT2D eigenvalue weighted by Crippen LogP contribution is 2.34. The molecule has 1 fully saturated rings. The largest absolute Gasteiger partial charge is 0.490 e. The van der Waals surface area contributed by atoms with E-state index < -0.39 is 17.0 Å². The summed E-state index contributed by atoms with van der Waals surface area (Å²) >= 11 is 6.84. The van der Waals surface area contributed by atoms with Crippen molar-refractivity contribution in [1.82, 2.24) is 4.90 Å². The average molecular weight is 484 g/mol. The van der Waals surface area contributed by atoms with Crippen LogP contribution in [0.2, 0.25) is 5.02 Å². The fourth-order valence-corrected chi connectivity index (χ4v) is 4.19. The monoisotopic (exact) mass is 483 g/mol. The highest BCUT2D eigenvalue weighted by molar-refractivity contribution is 8.18. The summed E-state index contributed by atoms with van der Waals surface area (Å²) in [4.78, 5) is 26.3. The van der Waals surface area contributed by atoms with E-state index in [2.05, 4.69) is 0 Å². The van der Waals surface area contributed by atoms with Crippen LogP contribution in [0.3, 0.4) is 0 Å². The van der Waals surface area contributed by atoms with Crippen LogP contribution < -0.4 is 9.47 Å². The Balaban J connectivity index is 1.34. The molecule has 0 aromatic heterocycles. The van der Waals surface area contributed by atoms with Crippen molar-refractivity contribution in [3.05, 3.63) is 99.7 Å². The van der Waals surface area contributed by atoms with E-state index >= 15 is 0 Å². The number of rotatable bonds is 8. The molecule has 0 N–H and O–H groups in total. The van der Waals surface area contributed by atoms with E-state index in [9.17, 15) is 14.0 Å². The summed E-state index contributed by atoms with van der Waals surface area (Å²) < 4.78 is 25.3. The molecule has 0 aliphatic carbocycles. The van der Waals surface area contributed by atoms with Gasteiger partial charge in [0, 0.05) is 10.6 Å². The van der Waals surface area contributed by atoms with Gasteiger partial charge in [0.25, 0.3) is 11.1 Å². The van der Waals surface area contributed by atoms with Crippen molar-refractivity contribution < 1.29 is 23.5 Å². The Morgan fingerprint density at radius 3 is 2.21 bits per heavy atom. The van der Waals surface area contributed by atoms with Gasteiger partial charge < -0.3 is 9.47 Å². The number of thioether (sulfide) groups is 1. The number of imide groups is 1. The Morgan fingerprint density at radius 1 is 0.879 bits per heavy atom. The van der Waals surface area contributed by atoms with E-state index in [0.29, 0.717) is 19.0 Å². The molecule has 33 heavy (non-hydrogen) atoms. The van der Waals surface area contributed by atoms with Gasteiger partial charge in [-0.15, -0.1) is 0 Å². The molecule has 8 heteroatoms. The van der Waals surface area contributed by atoms with Gasteiger partial charge in [0.05, 0.1) is 11.4 Å². The van der Waals surface area contributed by atoms with E-state index in [0.717, 1.165) is 28.0 Å². The summed E-state index contributed by atoms with van der Waals surface area (Å²) in [6.45, 7) is 0.571. The normalized spacial score (nSPS) is 14.7. The SMILES string of the molecule is O=C1S/C(=C/c2ccc(OCCOc3ccccc3)cc2)C(=O)N1Cc1c(F)cccc1Cl. The molecule has 3 aromatic carbocycles. The zero-order valence-corrected chi connectivity index (χ0v) is 18.9. The zero-order chi connectivity index (χ0) is 23.2. The van der Waals surface area contributed by atoms with Crippen LogP contribution in [0.15, 0.2) is 77.7 Å². The molecule has 1 aliphatic rings. The Bertz CT molecular complexity index is 1160. The van der Waals surface area contributed by atoms with Gasteiger partial charge in [0.2, 0.25) is 0 Å². The van der Waals surface area contributed by atoms with Gasteiger partial charge in [-0.1, -0.05) is 48.0 Å². The summed E-state index contributed by atoms with van der Waals surface area (Å²) in [5.74, 6) is 0.395. The third-order valence-electron chi connectivity index (χ3n) is 4.79. The quantitative estimate of drug-likeness (QED) is 0.283. The number of hydrogen-bond acceptors (Lipinski definition) is 5. The lowest BCUT2D eigenvalue weighted by Crippen LogP contribution is -2.28. The van der Waals surface area contributed by atoms with E-state index in [4.69, 9.17) is 21.1 Å². The molecule has 0 bridgehead atoms. The molecule has 2 amide bonds. The number of nitrogens with zero attached hydrogens (tertiary/aromatic N) is 1. The molecule has 3 aromatic rings. The highest BCUT2D eigenvalue weighted by atomic mass is 35.5. The predicted molar refractivity (Wildman–Crippen MR) is 127 cm³/mol. The first-order valence-electron chi connectivity index (χ1n) is 10.1. The number of benzene rings is 3. The molecule has 1 aliphatic heterocycles. The van der Waals surface area contributed by atoms with Crippen LogP contribution in [0, 0.1) is 5.82 Å². The number of hydrogen-bond donors (Lipinski definition) is 0. The Hall–Kier alpha value is -3.29. The van der Waals surface area contributed by atoms with Crippen LogP contribution in [-0.2, 0) is 11.3 Å². The second kappa shape index (κ2) is 10.6. The number of ether oxygens (including phenoxy) is 2. The zero-order valence-electron chi connectivity index (χ0n) is 17.4. The van der Waals surface area contributed by atoms with Crippen LogP contribution in [0.5, 0.6) is 11.5 Å². The molecule has 4 rings (SSSR count). The fraction of sp³-hybridized carbons (Fsp3) is 0.120. The Morgan fingerprint density at radius 2 is 1.55 bits per heavy atom. The van der Waals surface area contributed by atoms with E-state index in [1.165, 1.54) is 18.2 Å². The lowest BCUT2D eigenvalue weighted by atomic mass is 10.2. The molecular weight excluding hydrogens is 465 g/mol. The molecule has 0 atom stereocenters. The smallest absolute Gasteiger partial charge is 0.293 e. The summed E-state index contributed by atoms with van der Waals surface area (Å²) in [7, 11) is 0. The minimum absolute atomic E-state index is 0.112. The fourth-order valence-electron chi connectivity index (χ4n) is 3.13. The van der Waals surface area contributed by atoms with Gasteiger partial charge in [-0.3, -0.25) is 14.5 Å². The summed E-state index contributed by atoms with van der Waals surface area (Å²) in [5.41, 5.74) is 0.845. The first-order chi connectivity index (χ1) is 16.0. The van der Waals surface area contributed by atoms with Gasteiger partial charge >= 0.3 is 0 Å². The maximum atomic E-state index is 14.1. The van der Waals surface area contributed by atoms with Crippen LogP contribution in [0.1, 0.15) is 11.1 Å². The molecule has 1 saturated heterocycles. The molecule has 0 saturated carbocycles. The molecule has 0 unspecified atom stereocenters. The maximum Gasteiger partial charge on any atom is 0.293 e. The Kier molecular flexibility index (Phi) is 7.32. The maximum absolute atomic E-state index is 14.1. The first-order valence-corrected chi connectivity index (χ1v) is 11.3. The van der Waals surface area contributed by atoms with E-state index in [-0.39, 0.29) is 22.0 Å². The molecule has 5 nitrogen and oxygen atoms in total. The topological polar surface area (TPSA) is 55.8 Å². The van der Waals surface area contributed by atoms with Gasteiger partial charge in [-0.25, -0.2) is 4.39 Å². The van der Waals surface area contributed by atoms with Crippen LogP contribution in [-0.4, -0.2) is 29.3 Å². The van der Waals surface area contributed by atoms with Crippen LogP contribution >= 0.6 is 23.4 Å². The summed E-state index contributed by atoms with van der Waals surface area (Å²) in [6.07, 6.45) is 1.62. The first kappa shape index (κ1) is 22.9. The van der Waals surface area contributed by atoms with E-state index in [1.807, 2.05) is 30.3 Å². The average Bonchev–Trinajstić information content (AvgIpc) is 3.08. The lowest BCUT2D eigenvalue weighted by Gasteiger charge is -2.14. The molecule has 168 valence electrons. The number of carbonyl (C=O) groups is 2. The van der Waals surface area contributed by atoms with Crippen molar-refractivity contribution in [2.75, 3.05) is 13.2 Å². The number of halogens is 2. The van der Waals surface area contributed by atoms with Crippen LogP contribution in [0.4, 0.5) is 9.18 Å². The molecule has 0 radical (unpaired) electrons. The van der Waals surface area contributed by atoms with Crippen molar-refractivity contribution in [2.45, 2.75) is 6.54 Å². The van der Waals surface area contributed by atoms with Crippen molar-refractivity contribution >= 4 is 40.6 Å². The number of amides is 2. The second-order valence-electron chi connectivity index (χ2n) is 7.05. The molecule has 0 spiro atoms. The lowest BCUT2D eigenvalue weighted by molar-refractivity contribution is -0.123. The third-order valence-corrected chi connectivity index (χ3v) is 6.05. The van der Waals surface area contributed by atoms with Crippen LogP contribution in [0.25, 0.3) is 6.08 Å². The van der Waals surface area contributed by atoms with Gasteiger partial charge in [-0.2, -0.15) is 0 Å². The molecule has 1 heterocycles. The predicted octanol–water partition coefficient (Wildman–Crippen LogP) is 6.17. The minimum atomic E-state index is -0.560. The van der Waals surface area contributed by atoms with Crippen molar-refractivity contribution in [3.63, 3.8) is 0 Å². The summed E-state index contributed by atoms with van der Waals surface area (Å²) in [5, 5.41) is -0.299. The van der Waals surface area contributed by atoms with Crippen molar-refractivity contribution in [3.8, 4) is 11.5 Å². The van der Waals surface area contributed by atoms with E-state index in [1.54, 1.807) is 30.3 Å². The van der Waals surface area contributed by atoms with Gasteiger partial charge in [0.1, 0.15) is 30.5 Å². The third kappa shape index (κ3) is 5.74. The van der Waals surface area contributed by atoms with Crippen molar-refractivity contribution in [2.24, 2.45) is 0 Å². The van der Waals surface area contributed by atoms with Gasteiger partial charge in [0.15, 0.2) is 0 Å². The van der Waals surface area contributed by atoms with Gasteiger partial charge in [-0.05, 0) is 59.8 Å².